The molecule has 0 spiro atoms. The van der Waals surface area contributed by atoms with Gasteiger partial charge in [0.2, 0.25) is 0 Å². The van der Waals surface area contributed by atoms with Crippen LogP contribution in [0.25, 0.3) is 0 Å². The first-order chi connectivity index (χ1) is 8.92. The van der Waals surface area contributed by atoms with Crippen molar-refractivity contribution in [2.24, 2.45) is 5.41 Å². The van der Waals surface area contributed by atoms with Gasteiger partial charge in [-0.3, -0.25) is 0 Å². The molecule has 1 atom stereocenters. The minimum absolute atomic E-state index is 0.431. The Labute approximate surface area is 123 Å². The molecule has 2 heteroatoms. The molecule has 0 aliphatic heterocycles. The maximum Gasteiger partial charge on any atom is 0.0292 e. The van der Waals surface area contributed by atoms with Gasteiger partial charge in [0.15, 0.2) is 0 Å². The Morgan fingerprint density at radius 1 is 1.26 bits per heavy atom. The van der Waals surface area contributed by atoms with E-state index in [1.165, 1.54) is 29.1 Å². The van der Waals surface area contributed by atoms with Crippen molar-refractivity contribution < 1.29 is 0 Å². The zero-order valence-electron chi connectivity index (χ0n) is 13.1. The van der Waals surface area contributed by atoms with E-state index in [0.717, 1.165) is 6.54 Å². The van der Waals surface area contributed by atoms with Crippen LogP contribution in [0.15, 0.2) is 29.2 Å². The minimum atomic E-state index is 0.431. The van der Waals surface area contributed by atoms with Gasteiger partial charge in [0.25, 0.3) is 0 Å². The summed E-state index contributed by atoms with van der Waals surface area (Å²) in [6.07, 6.45) is 2.44. The average molecular weight is 279 g/mol. The highest BCUT2D eigenvalue weighted by molar-refractivity contribution is 7.99. The van der Waals surface area contributed by atoms with E-state index in [2.05, 4.69) is 64.2 Å². The van der Waals surface area contributed by atoms with Gasteiger partial charge in [0, 0.05) is 10.9 Å². The Balaban J connectivity index is 2.52. The molecule has 0 aromatic heterocycles. The normalized spacial score (nSPS) is 13.5. The molecular formula is C17H29NS. The Morgan fingerprint density at radius 3 is 2.63 bits per heavy atom. The molecule has 1 unspecified atom stereocenters. The monoisotopic (exact) mass is 279 g/mol. The van der Waals surface area contributed by atoms with Crippen LogP contribution >= 0.6 is 11.8 Å². The summed E-state index contributed by atoms with van der Waals surface area (Å²) in [7, 11) is 0. The summed E-state index contributed by atoms with van der Waals surface area (Å²) in [5, 5.41) is 3.55. The third-order valence-corrected chi connectivity index (χ3v) is 4.17. The summed E-state index contributed by atoms with van der Waals surface area (Å²) < 4.78 is 0. The lowest BCUT2D eigenvalue weighted by Gasteiger charge is -2.18. The predicted octanol–water partition coefficient (Wildman–Crippen LogP) is 5.28. The number of rotatable bonds is 7. The van der Waals surface area contributed by atoms with E-state index in [-0.39, 0.29) is 0 Å². The van der Waals surface area contributed by atoms with Crippen LogP contribution in [-0.4, -0.2) is 12.3 Å². The van der Waals surface area contributed by atoms with E-state index < -0.39 is 0 Å². The van der Waals surface area contributed by atoms with Crippen molar-refractivity contribution in [1.29, 1.82) is 0 Å². The van der Waals surface area contributed by atoms with Crippen molar-refractivity contribution in [3.63, 3.8) is 0 Å². The van der Waals surface area contributed by atoms with Crippen LogP contribution in [0.5, 0.6) is 0 Å². The molecule has 0 saturated carbocycles. The molecular weight excluding hydrogens is 250 g/mol. The van der Waals surface area contributed by atoms with Crippen molar-refractivity contribution in [2.75, 3.05) is 12.3 Å². The van der Waals surface area contributed by atoms with Crippen molar-refractivity contribution in [1.82, 2.24) is 5.32 Å². The van der Waals surface area contributed by atoms with Crippen LogP contribution in [0.1, 0.15) is 59.1 Å². The van der Waals surface area contributed by atoms with Crippen LogP contribution in [-0.2, 0) is 0 Å². The second kappa shape index (κ2) is 7.96. The first-order valence-electron chi connectivity index (χ1n) is 7.38. The van der Waals surface area contributed by atoms with Gasteiger partial charge in [0.1, 0.15) is 0 Å². The molecule has 108 valence electrons. The van der Waals surface area contributed by atoms with Gasteiger partial charge in [-0.2, -0.15) is 0 Å². The number of hydrogen-bond acceptors (Lipinski definition) is 2. The Morgan fingerprint density at radius 2 is 2.00 bits per heavy atom. The molecule has 0 aliphatic rings. The van der Waals surface area contributed by atoms with E-state index in [1.807, 2.05) is 11.8 Å². The molecule has 0 heterocycles. The molecule has 0 aliphatic carbocycles. The van der Waals surface area contributed by atoms with Crippen molar-refractivity contribution in [3.05, 3.63) is 29.8 Å². The summed E-state index contributed by atoms with van der Waals surface area (Å²) in [6, 6.07) is 9.41. The van der Waals surface area contributed by atoms with Gasteiger partial charge in [-0.15, -0.1) is 11.8 Å². The van der Waals surface area contributed by atoms with Crippen molar-refractivity contribution >= 4 is 11.8 Å². The molecule has 1 rings (SSSR count). The van der Waals surface area contributed by atoms with Crippen LogP contribution in [0.2, 0.25) is 0 Å². The van der Waals surface area contributed by atoms with Crippen LogP contribution in [0, 0.1) is 5.41 Å². The highest BCUT2D eigenvalue weighted by atomic mass is 32.2. The van der Waals surface area contributed by atoms with Crippen LogP contribution in [0.3, 0.4) is 0 Å². The third kappa shape index (κ3) is 7.03. The van der Waals surface area contributed by atoms with Crippen LogP contribution < -0.4 is 5.32 Å². The van der Waals surface area contributed by atoms with Gasteiger partial charge >= 0.3 is 0 Å². The lowest BCUT2D eigenvalue weighted by Crippen LogP contribution is -2.19. The number of thioether (sulfide) groups is 1. The largest absolute Gasteiger partial charge is 0.310 e. The molecule has 0 amide bonds. The number of nitrogens with one attached hydrogen (secondary N) is 1. The van der Waals surface area contributed by atoms with Gasteiger partial charge in [-0.1, -0.05) is 39.8 Å². The van der Waals surface area contributed by atoms with Crippen molar-refractivity contribution in [3.8, 4) is 0 Å². The third-order valence-electron chi connectivity index (χ3n) is 3.18. The second-order valence-electron chi connectivity index (χ2n) is 6.41. The maximum atomic E-state index is 3.55. The first kappa shape index (κ1) is 16.6. The Bertz CT molecular complexity index is 368. The van der Waals surface area contributed by atoms with E-state index in [0.29, 0.717) is 11.5 Å². The second-order valence-corrected chi connectivity index (χ2v) is 7.58. The van der Waals surface area contributed by atoms with Gasteiger partial charge in [0.05, 0.1) is 0 Å². The lowest BCUT2D eigenvalue weighted by atomic mass is 9.94. The summed E-state index contributed by atoms with van der Waals surface area (Å²) in [4.78, 5) is 1.40. The Kier molecular flexibility index (Phi) is 6.95. The topological polar surface area (TPSA) is 12.0 Å². The van der Waals surface area contributed by atoms with Gasteiger partial charge in [-0.05, 0) is 55.2 Å². The smallest absolute Gasteiger partial charge is 0.0292 e. The molecule has 1 aromatic carbocycles. The highest BCUT2D eigenvalue weighted by Crippen LogP contribution is 2.27. The van der Waals surface area contributed by atoms with E-state index in [1.54, 1.807) is 0 Å². The molecule has 1 N–H and O–H groups in total. The molecule has 0 saturated heterocycles. The molecule has 0 radical (unpaired) electrons. The number of benzene rings is 1. The average Bonchev–Trinajstić information content (AvgIpc) is 2.35. The summed E-state index contributed by atoms with van der Waals surface area (Å²) in [5.41, 5.74) is 1.83. The summed E-state index contributed by atoms with van der Waals surface area (Å²) in [6.45, 7) is 12.5. The predicted molar refractivity (Wildman–Crippen MR) is 87.9 cm³/mol. The van der Waals surface area contributed by atoms with Gasteiger partial charge < -0.3 is 5.32 Å². The molecule has 0 fully saturated rings. The molecule has 1 nitrogen and oxygen atoms in total. The standard InChI is InChI=1S/C17H29NS/c1-6-11-18-14(2)15-8-7-9-16(13-15)19-12-10-17(3,4)5/h7-9,13-14,18H,6,10-12H2,1-5H3. The van der Waals surface area contributed by atoms with E-state index in [9.17, 15) is 0 Å². The molecule has 1 aromatic rings. The molecule has 19 heavy (non-hydrogen) atoms. The zero-order valence-corrected chi connectivity index (χ0v) is 13.9. The maximum absolute atomic E-state index is 3.55. The zero-order chi connectivity index (χ0) is 14.3. The van der Waals surface area contributed by atoms with E-state index in [4.69, 9.17) is 0 Å². The SMILES string of the molecule is CCCNC(C)c1cccc(SCCC(C)(C)C)c1. The van der Waals surface area contributed by atoms with Crippen LogP contribution in [0.4, 0.5) is 0 Å². The fraction of sp³-hybridized carbons (Fsp3) is 0.647. The fourth-order valence-corrected chi connectivity index (χ4v) is 3.17. The summed E-state index contributed by atoms with van der Waals surface area (Å²) >= 11 is 1.97. The van der Waals surface area contributed by atoms with Gasteiger partial charge in [-0.25, -0.2) is 0 Å². The molecule has 0 bridgehead atoms. The van der Waals surface area contributed by atoms with E-state index >= 15 is 0 Å². The highest BCUT2D eigenvalue weighted by Gasteiger charge is 2.10. The Hall–Kier alpha value is -0.470. The lowest BCUT2D eigenvalue weighted by molar-refractivity contribution is 0.401. The first-order valence-corrected chi connectivity index (χ1v) is 8.37. The number of hydrogen-bond donors (Lipinski definition) is 1. The fourth-order valence-electron chi connectivity index (χ4n) is 1.83. The minimum Gasteiger partial charge on any atom is -0.310 e. The summed E-state index contributed by atoms with van der Waals surface area (Å²) in [5.74, 6) is 1.20. The quantitative estimate of drug-likeness (QED) is 0.682. The van der Waals surface area contributed by atoms with Crippen molar-refractivity contribution in [2.45, 2.75) is 58.4 Å².